The molecule has 0 N–H and O–H groups in total. The molecule has 0 radical (unpaired) electrons. The van der Waals surface area contributed by atoms with Crippen LogP contribution in [0.3, 0.4) is 0 Å². The summed E-state index contributed by atoms with van der Waals surface area (Å²) in [4.78, 5) is 15.7. The zero-order valence-corrected chi connectivity index (χ0v) is 45.1. The van der Waals surface area contributed by atoms with Gasteiger partial charge < -0.3 is 18.3 Å². The standard InChI is InChI=1S/C76H46N8/c77-47-48-37-41-66(83-64-35-19-15-31-58(64)70-68(83)43-39-56-54-29-13-17-33-62(54)81(72(56)70)52-25-9-3-10-26-52)60(45-48)61-46-51(76-79-74(49-21-5-1-6-22-49)78-75(80-76)50-23-7-2-8-24-50)38-42-67(61)84-65-36-20-16-32-59(65)71-69(84)44-40-57-55-30-14-18-34-63(55)82(73(57)71)53-27-11-4-12-28-53/h1-46H. The van der Waals surface area contributed by atoms with Gasteiger partial charge in [0.05, 0.1) is 67.1 Å². The van der Waals surface area contributed by atoms with E-state index in [0.717, 1.165) is 116 Å². The van der Waals surface area contributed by atoms with E-state index in [0.29, 0.717) is 23.0 Å². The summed E-state index contributed by atoms with van der Waals surface area (Å²) in [5, 5.41) is 20.3. The van der Waals surface area contributed by atoms with Gasteiger partial charge in [-0.15, -0.1) is 0 Å². The fourth-order valence-electron chi connectivity index (χ4n) is 13.3. The second kappa shape index (κ2) is 18.7. The fraction of sp³-hybridized carbons (Fsp3) is 0. The van der Waals surface area contributed by atoms with Gasteiger partial charge in [0.1, 0.15) is 0 Å². The minimum absolute atomic E-state index is 0.526. The van der Waals surface area contributed by atoms with Gasteiger partial charge in [0.2, 0.25) is 0 Å². The molecular weight excluding hydrogens is 1020 g/mol. The first kappa shape index (κ1) is 47.2. The summed E-state index contributed by atoms with van der Waals surface area (Å²) in [6, 6.07) is 101. The monoisotopic (exact) mass is 1070 g/mol. The van der Waals surface area contributed by atoms with Crippen molar-refractivity contribution < 1.29 is 0 Å². The molecule has 5 heterocycles. The second-order valence-electron chi connectivity index (χ2n) is 21.4. The van der Waals surface area contributed by atoms with E-state index in [9.17, 15) is 5.26 Å². The van der Waals surface area contributed by atoms with Crippen LogP contribution >= 0.6 is 0 Å². The fourth-order valence-corrected chi connectivity index (χ4v) is 13.3. The first-order chi connectivity index (χ1) is 41.7. The van der Waals surface area contributed by atoms with Gasteiger partial charge in [0.15, 0.2) is 17.5 Å². The maximum absolute atomic E-state index is 11.0. The van der Waals surface area contributed by atoms with E-state index in [1.807, 2.05) is 66.7 Å². The highest BCUT2D eigenvalue weighted by atomic mass is 15.1. The van der Waals surface area contributed by atoms with Gasteiger partial charge in [0.25, 0.3) is 0 Å². The number of hydrogen-bond acceptors (Lipinski definition) is 4. The molecule has 8 nitrogen and oxygen atoms in total. The Morgan fingerprint density at radius 1 is 0.274 bits per heavy atom. The SMILES string of the molecule is N#Cc1ccc(-n2c3ccccc3c3c2ccc2c4ccccc4n(-c4ccccc4)c23)c(-c2cc(-c3nc(-c4ccccc4)nc(-c4ccccc4)n3)ccc2-n2c3ccccc3c3c2ccc2c4ccccc4n(-c4ccccc4)c23)c1. The average molecular weight is 1070 g/mol. The molecule has 0 aliphatic rings. The lowest BCUT2D eigenvalue weighted by atomic mass is 9.96. The molecule has 17 rings (SSSR count). The molecule has 0 saturated heterocycles. The number of aromatic nitrogens is 7. The molecule has 0 fully saturated rings. The molecule has 0 spiro atoms. The Labute approximate surface area is 481 Å². The average Bonchev–Trinajstić information content (AvgIpc) is 2.44. The molecule has 17 aromatic rings. The second-order valence-corrected chi connectivity index (χ2v) is 21.4. The van der Waals surface area contributed by atoms with Gasteiger partial charge in [-0.3, -0.25) is 0 Å². The highest BCUT2D eigenvalue weighted by molar-refractivity contribution is 6.28. The van der Waals surface area contributed by atoms with Crippen molar-refractivity contribution in [3.05, 3.63) is 285 Å². The van der Waals surface area contributed by atoms with E-state index in [1.165, 1.54) is 21.5 Å². The number of rotatable bonds is 8. The van der Waals surface area contributed by atoms with Crippen LogP contribution in [0.2, 0.25) is 0 Å². The van der Waals surface area contributed by atoms with Crippen molar-refractivity contribution in [2.75, 3.05) is 0 Å². The van der Waals surface area contributed by atoms with Gasteiger partial charge in [-0.05, 0) is 97.1 Å². The third-order valence-corrected chi connectivity index (χ3v) is 16.8. The molecule has 0 bridgehead atoms. The molecule has 0 saturated carbocycles. The zero-order chi connectivity index (χ0) is 55.4. The number of fused-ring (bicyclic) bond motifs is 14. The van der Waals surface area contributed by atoms with E-state index in [-0.39, 0.29) is 0 Å². The molecule has 0 amide bonds. The van der Waals surface area contributed by atoms with E-state index in [1.54, 1.807) is 0 Å². The van der Waals surface area contributed by atoms with Crippen LogP contribution in [0.1, 0.15) is 5.56 Å². The van der Waals surface area contributed by atoms with Crippen LogP contribution in [0.25, 0.3) is 155 Å². The summed E-state index contributed by atoms with van der Waals surface area (Å²) in [6.07, 6.45) is 0. The lowest BCUT2D eigenvalue weighted by Crippen LogP contribution is -2.04. The highest BCUT2D eigenvalue weighted by Gasteiger charge is 2.27. The lowest BCUT2D eigenvalue weighted by molar-refractivity contribution is 1.07. The van der Waals surface area contributed by atoms with Crippen molar-refractivity contribution >= 4 is 87.2 Å². The normalized spacial score (nSPS) is 11.8. The van der Waals surface area contributed by atoms with Crippen LogP contribution < -0.4 is 0 Å². The van der Waals surface area contributed by atoms with Crippen molar-refractivity contribution in [2.45, 2.75) is 0 Å². The highest BCUT2D eigenvalue weighted by Crippen LogP contribution is 2.47. The predicted molar refractivity (Wildman–Crippen MR) is 344 cm³/mol. The molecule has 12 aromatic carbocycles. The molecule has 84 heavy (non-hydrogen) atoms. The first-order valence-corrected chi connectivity index (χ1v) is 28.2. The number of benzene rings is 12. The van der Waals surface area contributed by atoms with Gasteiger partial charge in [0, 0.05) is 82.3 Å². The topological polar surface area (TPSA) is 82.2 Å². The Hall–Kier alpha value is -11.7. The number of nitrogens with zero attached hydrogens (tertiary/aromatic N) is 8. The Kier molecular flexibility index (Phi) is 10.5. The van der Waals surface area contributed by atoms with Gasteiger partial charge >= 0.3 is 0 Å². The van der Waals surface area contributed by atoms with Crippen molar-refractivity contribution in [1.82, 2.24) is 33.2 Å². The molecule has 0 aliphatic heterocycles. The predicted octanol–water partition coefficient (Wildman–Crippen LogP) is 18.8. The quantitative estimate of drug-likeness (QED) is 0.152. The molecule has 0 aliphatic carbocycles. The minimum Gasteiger partial charge on any atom is -0.309 e. The number of para-hydroxylation sites is 6. The number of nitriles is 1. The van der Waals surface area contributed by atoms with E-state index >= 15 is 0 Å². The molecule has 8 heteroatoms. The van der Waals surface area contributed by atoms with Crippen molar-refractivity contribution in [3.8, 4) is 74.1 Å². The molecular formula is C76H46N8. The number of hydrogen-bond donors (Lipinski definition) is 0. The van der Waals surface area contributed by atoms with Crippen molar-refractivity contribution in [3.63, 3.8) is 0 Å². The smallest absolute Gasteiger partial charge is 0.164 e. The first-order valence-electron chi connectivity index (χ1n) is 28.2. The summed E-state index contributed by atoms with van der Waals surface area (Å²) < 4.78 is 9.67. The van der Waals surface area contributed by atoms with Crippen LogP contribution in [0.15, 0.2) is 279 Å². The van der Waals surface area contributed by atoms with Gasteiger partial charge in [-0.1, -0.05) is 182 Å². The van der Waals surface area contributed by atoms with Crippen molar-refractivity contribution in [1.29, 1.82) is 5.26 Å². The van der Waals surface area contributed by atoms with Crippen LogP contribution in [0.5, 0.6) is 0 Å². The maximum Gasteiger partial charge on any atom is 0.164 e. The third-order valence-electron chi connectivity index (χ3n) is 16.8. The largest absolute Gasteiger partial charge is 0.309 e. The van der Waals surface area contributed by atoms with Crippen LogP contribution in [0.4, 0.5) is 0 Å². The van der Waals surface area contributed by atoms with Crippen LogP contribution in [-0.4, -0.2) is 33.2 Å². The Balaban J connectivity index is 1.00. The summed E-state index contributed by atoms with van der Waals surface area (Å²) in [5.74, 6) is 1.67. The third kappa shape index (κ3) is 7.09. The summed E-state index contributed by atoms with van der Waals surface area (Å²) in [6.45, 7) is 0. The summed E-state index contributed by atoms with van der Waals surface area (Å²) in [7, 11) is 0. The summed E-state index contributed by atoms with van der Waals surface area (Å²) >= 11 is 0. The minimum atomic E-state index is 0.526. The van der Waals surface area contributed by atoms with Crippen molar-refractivity contribution in [2.24, 2.45) is 0 Å². The Morgan fingerprint density at radius 3 is 1.10 bits per heavy atom. The van der Waals surface area contributed by atoms with E-state index in [2.05, 4.69) is 237 Å². The van der Waals surface area contributed by atoms with E-state index in [4.69, 9.17) is 15.0 Å². The zero-order valence-electron chi connectivity index (χ0n) is 45.1. The van der Waals surface area contributed by atoms with Gasteiger partial charge in [-0.25, -0.2) is 15.0 Å². The molecule has 0 unspecified atom stereocenters. The molecule has 390 valence electrons. The van der Waals surface area contributed by atoms with Crippen LogP contribution in [-0.2, 0) is 0 Å². The van der Waals surface area contributed by atoms with Gasteiger partial charge in [-0.2, -0.15) is 5.26 Å². The molecule has 5 aromatic heterocycles. The summed E-state index contributed by atoms with van der Waals surface area (Å²) in [5.41, 5.74) is 17.6. The van der Waals surface area contributed by atoms with Crippen LogP contribution in [0, 0.1) is 11.3 Å². The van der Waals surface area contributed by atoms with E-state index < -0.39 is 0 Å². The Morgan fingerprint density at radius 2 is 0.643 bits per heavy atom. The molecule has 0 atom stereocenters. The Bertz CT molecular complexity index is 5490. The lowest BCUT2D eigenvalue weighted by Gasteiger charge is -2.20. The maximum atomic E-state index is 11.0.